The van der Waals surface area contributed by atoms with Gasteiger partial charge in [-0.25, -0.2) is 0 Å². The standard InChI is InChI=1S/C14H18BrNO/c1-10(12-6-7-12)14(17)16(2)9-11-4-3-5-13(15)8-11/h3-5,8,10,12H,6-7,9H2,1-2H3. The van der Waals surface area contributed by atoms with Gasteiger partial charge in [0.25, 0.3) is 0 Å². The first-order chi connectivity index (χ1) is 8.08. The van der Waals surface area contributed by atoms with E-state index in [0.717, 1.165) is 4.47 Å². The molecule has 1 unspecified atom stereocenters. The molecule has 1 aromatic rings. The molecule has 0 aliphatic heterocycles. The number of carbonyl (C=O) groups is 1. The van der Waals surface area contributed by atoms with E-state index in [-0.39, 0.29) is 11.8 Å². The normalized spacial score (nSPS) is 16.6. The van der Waals surface area contributed by atoms with E-state index < -0.39 is 0 Å². The third-order valence-electron chi connectivity index (χ3n) is 3.40. The van der Waals surface area contributed by atoms with Gasteiger partial charge in [-0.05, 0) is 36.5 Å². The van der Waals surface area contributed by atoms with Gasteiger partial charge in [0.1, 0.15) is 0 Å². The van der Waals surface area contributed by atoms with Gasteiger partial charge in [0, 0.05) is 24.0 Å². The number of hydrogen-bond acceptors (Lipinski definition) is 1. The van der Waals surface area contributed by atoms with Gasteiger partial charge in [0.2, 0.25) is 5.91 Å². The zero-order valence-electron chi connectivity index (χ0n) is 10.3. The maximum Gasteiger partial charge on any atom is 0.225 e. The molecule has 92 valence electrons. The molecule has 0 aromatic heterocycles. The predicted octanol–water partition coefficient (Wildman–Crippen LogP) is 3.45. The zero-order chi connectivity index (χ0) is 12.4. The fourth-order valence-electron chi connectivity index (χ4n) is 2.13. The number of hydrogen-bond donors (Lipinski definition) is 0. The van der Waals surface area contributed by atoms with Crippen molar-refractivity contribution in [2.75, 3.05) is 7.05 Å². The van der Waals surface area contributed by atoms with E-state index in [1.807, 2.05) is 24.1 Å². The Labute approximate surface area is 111 Å². The Morgan fingerprint density at radius 3 is 2.82 bits per heavy atom. The number of halogens is 1. The van der Waals surface area contributed by atoms with E-state index in [1.165, 1.54) is 18.4 Å². The topological polar surface area (TPSA) is 20.3 Å². The Balaban J connectivity index is 1.96. The molecule has 1 saturated carbocycles. The minimum atomic E-state index is 0.187. The van der Waals surface area contributed by atoms with Crippen LogP contribution in [0.2, 0.25) is 0 Å². The Morgan fingerprint density at radius 1 is 1.53 bits per heavy atom. The monoisotopic (exact) mass is 295 g/mol. The van der Waals surface area contributed by atoms with E-state index in [9.17, 15) is 4.79 Å². The molecule has 17 heavy (non-hydrogen) atoms. The number of amides is 1. The Kier molecular flexibility index (Phi) is 3.87. The van der Waals surface area contributed by atoms with Crippen molar-refractivity contribution in [1.82, 2.24) is 4.90 Å². The predicted molar refractivity (Wildman–Crippen MR) is 72.5 cm³/mol. The van der Waals surface area contributed by atoms with Gasteiger partial charge < -0.3 is 4.90 Å². The smallest absolute Gasteiger partial charge is 0.225 e. The maximum atomic E-state index is 12.1. The molecule has 1 aliphatic carbocycles. The molecule has 2 nitrogen and oxygen atoms in total. The maximum absolute atomic E-state index is 12.1. The largest absolute Gasteiger partial charge is 0.341 e. The fourth-order valence-corrected chi connectivity index (χ4v) is 2.58. The van der Waals surface area contributed by atoms with Crippen LogP contribution in [0.1, 0.15) is 25.3 Å². The summed E-state index contributed by atoms with van der Waals surface area (Å²) in [5, 5.41) is 0. The average molecular weight is 296 g/mol. The van der Waals surface area contributed by atoms with Crippen LogP contribution in [0.5, 0.6) is 0 Å². The highest BCUT2D eigenvalue weighted by Crippen LogP contribution is 2.37. The van der Waals surface area contributed by atoms with Crippen LogP contribution in [-0.2, 0) is 11.3 Å². The summed E-state index contributed by atoms with van der Waals surface area (Å²) >= 11 is 3.45. The van der Waals surface area contributed by atoms with Crippen molar-refractivity contribution in [3.63, 3.8) is 0 Å². The summed E-state index contributed by atoms with van der Waals surface area (Å²) in [6.07, 6.45) is 2.44. The second-order valence-electron chi connectivity index (χ2n) is 4.95. The molecule has 0 heterocycles. The molecule has 1 aromatic carbocycles. The molecule has 2 rings (SSSR count). The van der Waals surface area contributed by atoms with Gasteiger partial charge in [0.15, 0.2) is 0 Å². The highest BCUT2D eigenvalue weighted by Gasteiger charge is 2.33. The van der Waals surface area contributed by atoms with Crippen LogP contribution in [0.4, 0.5) is 0 Å². The van der Waals surface area contributed by atoms with Crippen molar-refractivity contribution in [3.8, 4) is 0 Å². The lowest BCUT2D eigenvalue weighted by Gasteiger charge is -2.21. The van der Waals surface area contributed by atoms with E-state index in [1.54, 1.807) is 0 Å². The molecule has 0 spiro atoms. The summed E-state index contributed by atoms with van der Waals surface area (Å²) in [5.74, 6) is 1.09. The highest BCUT2D eigenvalue weighted by atomic mass is 79.9. The number of nitrogens with zero attached hydrogens (tertiary/aromatic N) is 1. The van der Waals surface area contributed by atoms with Gasteiger partial charge in [0.05, 0.1) is 0 Å². The van der Waals surface area contributed by atoms with Gasteiger partial charge >= 0.3 is 0 Å². The lowest BCUT2D eigenvalue weighted by Crippen LogP contribution is -2.32. The Bertz CT molecular complexity index is 414. The second-order valence-corrected chi connectivity index (χ2v) is 5.87. The van der Waals surface area contributed by atoms with Gasteiger partial charge in [-0.15, -0.1) is 0 Å². The highest BCUT2D eigenvalue weighted by molar-refractivity contribution is 9.10. The van der Waals surface area contributed by atoms with Crippen LogP contribution >= 0.6 is 15.9 Å². The summed E-state index contributed by atoms with van der Waals surface area (Å²) in [5.41, 5.74) is 1.17. The second kappa shape index (κ2) is 5.21. The Morgan fingerprint density at radius 2 is 2.24 bits per heavy atom. The summed E-state index contributed by atoms with van der Waals surface area (Å²) < 4.78 is 1.06. The summed E-state index contributed by atoms with van der Waals surface area (Å²) in [4.78, 5) is 14.0. The summed E-state index contributed by atoms with van der Waals surface area (Å²) in [7, 11) is 1.89. The third-order valence-corrected chi connectivity index (χ3v) is 3.90. The summed E-state index contributed by atoms with van der Waals surface area (Å²) in [6, 6.07) is 8.11. The SMILES string of the molecule is CC(C(=O)N(C)Cc1cccc(Br)c1)C1CC1. The van der Waals surface area contributed by atoms with Crippen LogP contribution in [0.3, 0.4) is 0 Å². The van der Waals surface area contributed by atoms with Crippen molar-refractivity contribution in [1.29, 1.82) is 0 Å². The summed E-state index contributed by atoms with van der Waals surface area (Å²) in [6.45, 7) is 2.74. The van der Waals surface area contributed by atoms with Gasteiger partial charge in [-0.1, -0.05) is 35.0 Å². The van der Waals surface area contributed by atoms with Crippen molar-refractivity contribution in [2.45, 2.75) is 26.3 Å². The van der Waals surface area contributed by atoms with Crippen molar-refractivity contribution in [3.05, 3.63) is 34.3 Å². The molecule has 0 saturated heterocycles. The fraction of sp³-hybridized carbons (Fsp3) is 0.500. The average Bonchev–Trinajstić information content (AvgIpc) is 3.11. The zero-order valence-corrected chi connectivity index (χ0v) is 11.9. The van der Waals surface area contributed by atoms with Crippen molar-refractivity contribution >= 4 is 21.8 Å². The van der Waals surface area contributed by atoms with Crippen LogP contribution < -0.4 is 0 Å². The first-order valence-corrected chi connectivity index (χ1v) is 6.86. The first kappa shape index (κ1) is 12.6. The molecule has 3 heteroatoms. The molecule has 0 N–H and O–H groups in total. The van der Waals surface area contributed by atoms with E-state index in [2.05, 4.69) is 35.0 Å². The van der Waals surface area contributed by atoms with Crippen LogP contribution in [0, 0.1) is 11.8 Å². The lowest BCUT2D eigenvalue weighted by atomic mass is 10.0. The molecule has 0 radical (unpaired) electrons. The van der Waals surface area contributed by atoms with Crippen molar-refractivity contribution < 1.29 is 4.79 Å². The minimum absolute atomic E-state index is 0.187. The molecular weight excluding hydrogens is 278 g/mol. The molecule has 0 bridgehead atoms. The van der Waals surface area contributed by atoms with E-state index >= 15 is 0 Å². The number of carbonyl (C=O) groups excluding carboxylic acids is 1. The first-order valence-electron chi connectivity index (χ1n) is 6.07. The lowest BCUT2D eigenvalue weighted by molar-refractivity contribution is -0.134. The third kappa shape index (κ3) is 3.32. The Hall–Kier alpha value is -0.830. The van der Waals surface area contributed by atoms with Gasteiger partial charge in [-0.2, -0.15) is 0 Å². The van der Waals surface area contributed by atoms with Crippen molar-refractivity contribution in [2.24, 2.45) is 11.8 Å². The molecule has 1 fully saturated rings. The van der Waals surface area contributed by atoms with Gasteiger partial charge in [-0.3, -0.25) is 4.79 Å². The van der Waals surface area contributed by atoms with Crippen LogP contribution in [0.15, 0.2) is 28.7 Å². The molecule has 1 aliphatic rings. The van der Waals surface area contributed by atoms with Crippen LogP contribution in [0.25, 0.3) is 0 Å². The number of benzene rings is 1. The van der Waals surface area contributed by atoms with E-state index in [0.29, 0.717) is 12.5 Å². The quantitative estimate of drug-likeness (QED) is 0.833. The van der Waals surface area contributed by atoms with E-state index in [4.69, 9.17) is 0 Å². The molecular formula is C14H18BrNO. The minimum Gasteiger partial charge on any atom is -0.341 e. The van der Waals surface area contributed by atoms with Crippen LogP contribution in [-0.4, -0.2) is 17.9 Å². The molecule has 1 amide bonds. The molecule has 1 atom stereocenters. The number of rotatable bonds is 4.